The Morgan fingerprint density at radius 1 is 1.06 bits per heavy atom. The van der Waals surface area contributed by atoms with E-state index in [1.165, 1.54) is 37.5 Å². The second kappa shape index (κ2) is 10.6. The van der Waals surface area contributed by atoms with Crippen LogP contribution in [0.2, 0.25) is 0 Å². The van der Waals surface area contributed by atoms with Gasteiger partial charge < -0.3 is 14.5 Å². The number of anilines is 1. The number of hydrogen-bond donors (Lipinski definition) is 3. The van der Waals surface area contributed by atoms with Crippen molar-refractivity contribution in [3.8, 4) is 0 Å². The van der Waals surface area contributed by atoms with Crippen molar-refractivity contribution in [3.05, 3.63) is 83.6 Å². The van der Waals surface area contributed by atoms with Gasteiger partial charge in [0, 0.05) is 0 Å². The lowest BCUT2D eigenvalue weighted by Gasteiger charge is -2.13. The molecule has 178 valence electrons. The van der Waals surface area contributed by atoms with Gasteiger partial charge in [-0.15, -0.1) is 0 Å². The third-order valence-corrected chi connectivity index (χ3v) is 5.93. The fourth-order valence-electron chi connectivity index (χ4n) is 2.86. The maximum absolute atomic E-state index is 13.3. The number of hydrogen-bond acceptors (Lipinski definition) is 7. The molecule has 2 aromatic carbocycles. The SMILES string of the molecule is Cc1cc(F)ccc1S(=O)(=O)Nc1ccccc1C(=O)OCC(=O)NC(=O)NCc1ccco1. The molecule has 3 aromatic rings. The summed E-state index contributed by atoms with van der Waals surface area (Å²) in [5.41, 5.74) is -0.0942. The molecule has 0 atom stereocenters. The van der Waals surface area contributed by atoms with Gasteiger partial charge in [0.1, 0.15) is 11.6 Å². The molecule has 0 saturated carbocycles. The van der Waals surface area contributed by atoms with Crippen molar-refractivity contribution in [2.75, 3.05) is 11.3 Å². The second-order valence-corrected chi connectivity index (χ2v) is 8.60. The van der Waals surface area contributed by atoms with E-state index in [0.29, 0.717) is 5.76 Å². The maximum Gasteiger partial charge on any atom is 0.340 e. The third-order valence-electron chi connectivity index (χ3n) is 4.41. The highest BCUT2D eigenvalue weighted by Gasteiger charge is 2.22. The number of sulfonamides is 1. The molecule has 0 aliphatic rings. The lowest BCUT2D eigenvalue weighted by atomic mass is 10.2. The molecule has 12 heteroatoms. The number of halogens is 1. The van der Waals surface area contributed by atoms with Gasteiger partial charge in [-0.25, -0.2) is 22.4 Å². The van der Waals surface area contributed by atoms with Gasteiger partial charge in [0.05, 0.1) is 29.0 Å². The van der Waals surface area contributed by atoms with Gasteiger partial charge in [0.2, 0.25) is 0 Å². The molecule has 0 radical (unpaired) electrons. The number of esters is 1. The number of aryl methyl sites for hydroxylation is 1. The van der Waals surface area contributed by atoms with E-state index in [0.717, 1.165) is 18.2 Å². The van der Waals surface area contributed by atoms with Crippen molar-refractivity contribution < 1.29 is 36.3 Å². The van der Waals surface area contributed by atoms with Crippen LogP contribution in [0.4, 0.5) is 14.9 Å². The van der Waals surface area contributed by atoms with Crippen molar-refractivity contribution >= 4 is 33.6 Å². The van der Waals surface area contributed by atoms with Gasteiger partial charge in [-0.05, 0) is 55.0 Å². The van der Waals surface area contributed by atoms with Crippen molar-refractivity contribution in [1.29, 1.82) is 0 Å². The summed E-state index contributed by atoms with van der Waals surface area (Å²) in [7, 11) is -4.15. The smallest absolute Gasteiger partial charge is 0.340 e. The zero-order valence-corrected chi connectivity index (χ0v) is 18.6. The Hall–Kier alpha value is -4.19. The number of benzene rings is 2. The van der Waals surface area contributed by atoms with Crippen molar-refractivity contribution in [1.82, 2.24) is 10.6 Å². The summed E-state index contributed by atoms with van der Waals surface area (Å²) in [6, 6.07) is 11.2. The number of amides is 3. The van der Waals surface area contributed by atoms with Crippen molar-refractivity contribution in [2.24, 2.45) is 0 Å². The molecule has 34 heavy (non-hydrogen) atoms. The first-order valence-corrected chi connectivity index (χ1v) is 11.3. The molecule has 0 bridgehead atoms. The van der Waals surface area contributed by atoms with Gasteiger partial charge in [-0.3, -0.25) is 14.8 Å². The molecule has 0 aliphatic carbocycles. The highest BCUT2D eigenvalue weighted by molar-refractivity contribution is 7.92. The van der Waals surface area contributed by atoms with E-state index < -0.39 is 40.4 Å². The Kier molecular flexibility index (Phi) is 7.64. The van der Waals surface area contributed by atoms with E-state index in [-0.39, 0.29) is 28.3 Å². The first kappa shape index (κ1) is 24.5. The van der Waals surface area contributed by atoms with Crippen LogP contribution in [0.5, 0.6) is 0 Å². The van der Waals surface area contributed by atoms with Gasteiger partial charge >= 0.3 is 12.0 Å². The third kappa shape index (κ3) is 6.42. The quantitative estimate of drug-likeness (QED) is 0.413. The van der Waals surface area contributed by atoms with Crippen LogP contribution in [-0.4, -0.2) is 32.9 Å². The number of rotatable bonds is 8. The predicted octanol–water partition coefficient (Wildman–Crippen LogP) is 2.71. The Balaban J connectivity index is 1.60. The zero-order chi connectivity index (χ0) is 24.7. The lowest BCUT2D eigenvalue weighted by Crippen LogP contribution is -2.41. The molecule has 0 aliphatic heterocycles. The number of para-hydroxylation sites is 1. The summed E-state index contributed by atoms with van der Waals surface area (Å²) < 4.78 is 51.0. The van der Waals surface area contributed by atoms with Crippen molar-refractivity contribution in [3.63, 3.8) is 0 Å². The van der Waals surface area contributed by atoms with E-state index >= 15 is 0 Å². The number of ether oxygens (including phenoxy) is 1. The fraction of sp³-hybridized carbons (Fsp3) is 0.136. The van der Waals surface area contributed by atoms with Crippen molar-refractivity contribution in [2.45, 2.75) is 18.4 Å². The number of urea groups is 1. The van der Waals surface area contributed by atoms with Crippen LogP contribution in [0.25, 0.3) is 0 Å². The van der Waals surface area contributed by atoms with Gasteiger partial charge in [-0.1, -0.05) is 12.1 Å². The Morgan fingerprint density at radius 3 is 2.53 bits per heavy atom. The molecule has 3 N–H and O–H groups in total. The molecule has 3 amide bonds. The Labute approximate surface area is 194 Å². The first-order chi connectivity index (χ1) is 16.2. The molecule has 10 nitrogen and oxygen atoms in total. The van der Waals surface area contributed by atoms with Crippen LogP contribution in [0.15, 0.2) is 70.2 Å². The molecular formula is C22H20FN3O7S. The minimum absolute atomic E-state index is 0.0486. The average Bonchev–Trinajstić information content (AvgIpc) is 3.29. The van der Waals surface area contributed by atoms with E-state index in [9.17, 15) is 27.2 Å². The standard InChI is InChI=1S/C22H20FN3O7S/c1-14-11-15(23)8-9-19(14)34(30,31)26-18-7-3-2-6-17(18)21(28)33-13-20(27)25-22(29)24-12-16-5-4-10-32-16/h2-11,26H,12-13H2,1H3,(H2,24,25,27,29). The van der Waals surface area contributed by atoms with Crippen LogP contribution < -0.4 is 15.4 Å². The molecule has 0 saturated heterocycles. The summed E-state index contributed by atoms with van der Waals surface area (Å²) in [4.78, 5) is 35.9. The van der Waals surface area contributed by atoms with E-state index in [1.54, 1.807) is 12.1 Å². The molecular weight excluding hydrogens is 469 g/mol. The van der Waals surface area contributed by atoms with Crippen LogP contribution >= 0.6 is 0 Å². The van der Waals surface area contributed by atoms with Gasteiger partial charge in [0.15, 0.2) is 6.61 Å². The molecule has 1 aromatic heterocycles. The first-order valence-electron chi connectivity index (χ1n) is 9.81. The summed E-state index contributed by atoms with van der Waals surface area (Å²) in [6.07, 6.45) is 1.43. The molecule has 1 heterocycles. The van der Waals surface area contributed by atoms with Gasteiger partial charge in [-0.2, -0.15) is 0 Å². The minimum Gasteiger partial charge on any atom is -0.467 e. The molecule has 0 unspecified atom stereocenters. The summed E-state index contributed by atoms with van der Waals surface area (Å²) >= 11 is 0. The summed E-state index contributed by atoms with van der Waals surface area (Å²) in [5, 5.41) is 4.37. The monoisotopic (exact) mass is 489 g/mol. The topological polar surface area (TPSA) is 144 Å². The normalized spacial score (nSPS) is 10.9. The predicted molar refractivity (Wildman–Crippen MR) is 118 cm³/mol. The number of carbonyl (C=O) groups is 3. The number of nitrogens with one attached hydrogen (secondary N) is 3. The molecule has 0 spiro atoms. The lowest BCUT2D eigenvalue weighted by molar-refractivity contribution is -0.123. The average molecular weight is 489 g/mol. The van der Waals surface area contributed by atoms with E-state index in [4.69, 9.17) is 9.15 Å². The van der Waals surface area contributed by atoms with Gasteiger partial charge in [0.25, 0.3) is 15.9 Å². The van der Waals surface area contributed by atoms with Crippen LogP contribution in [0.1, 0.15) is 21.7 Å². The van der Waals surface area contributed by atoms with Crippen LogP contribution in [0.3, 0.4) is 0 Å². The van der Waals surface area contributed by atoms with E-state index in [2.05, 4.69) is 10.0 Å². The highest BCUT2D eigenvalue weighted by Crippen LogP contribution is 2.23. The summed E-state index contributed by atoms with van der Waals surface area (Å²) in [6.45, 7) is 0.694. The second-order valence-electron chi connectivity index (χ2n) is 6.95. The zero-order valence-electron chi connectivity index (χ0n) is 17.8. The molecule has 0 fully saturated rings. The largest absolute Gasteiger partial charge is 0.467 e. The van der Waals surface area contributed by atoms with Crippen LogP contribution in [0, 0.1) is 12.7 Å². The minimum atomic E-state index is -4.15. The van der Waals surface area contributed by atoms with Crippen LogP contribution in [-0.2, 0) is 26.1 Å². The fourth-order valence-corrected chi connectivity index (χ4v) is 4.17. The summed E-state index contributed by atoms with van der Waals surface area (Å²) in [5.74, 6) is -2.01. The maximum atomic E-state index is 13.3. The Bertz CT molecular complexity index is 1310. The van der Waals surface area contributed by atoms with E-state index in [1.807, 2.05) is 5.32 Å². The molecule has 3 rings (SSSR count). The Morgan fingerprint density at radius 2 is 1.82 bits per heavy atom. The number of carbonyl (C=O) groups excluding carboxylic acids is 3. The number of imide groups is 1. The highest BCUT2D eigenvalue weighted by atomic mass is 32.2. The number of furan rings is 1.